The summed E-state index contributed by atoms with van der Waals surface area (Å²) < 4.78 is 0. The van der Waals surface area contributed by atoms with E-state index in [1.807, 2.05) is 0 Å². The average Bonchev–Trinajstić information content (AvgIpc) is 1.85. The van der Waals surface area contributed by atoms with Gasteiger partial charge in [-0.2, -0.15) is 0 Å². The van der Waals surface area contributed by atoms with Crippen LogP contribution in [0.5, 0.6) is 0 Å². The van der Waals surface area contributed by atoms with Crippen molar-refractivity contribution in [2.75, 3.05) is 0 Å². The molecule has 0 radical (unpaired) electrons. The predicted octanol–water partition coefficient (Wildman–Crippen LogP) is 0.799. The van der Waals surface area contributed by atoms with Crippen molar-refractivity contribution in [3.63, 3.8) is 0 Å². The molecular formula is C6H6N3O2Y+2. The fraction of sp³-hybridized carbons (Fsp3) is 0.333. The van der Waals surface area contributed by atoms with Crippen LogP contribution in [0, 0.1) is 30.3 Å². The minimum atomic E-state index is -0.488. The molecule has 12 heavy (non-hydrogen) atoms. The summed E-state index contributed by atoms with van der Waals surface area (Å²) in [6, 6.07) is 0. The molecule has 1 rings (SSSR count). The number of hydrogen-bond acceptors (Lipinski definition) is 4. The average molecular weight is 241 g/mol. The third-order valence-electron chi connectivity index (χ3n) is 1.30. The van der Waals surface area contributed by atoms with Crippen LogP contribution in [-0.4, -0.2) is 14.9 Å². The summed E-state index contributed by atoms with van der Waals surface area (Å²) in [5, 5.41) is 10.4. The van der Waals surface area contributed by atoms with Crippen molar-refractivity contribution in [2.24, 2.45) is 0 Å². The van der Waals surface area contributed by atoms with Crippen LogP contribution in [0.3, 0.4) is 0 Å². The molecule has 0 spiro atoms. The second-order valence-corrected chi connectivity index (χ2v) is 2.10. The Bertz CT molecular complexity index is 283. The molecule has 6 heteroatoms. The number of aromatic nitrogens is 2. The summed E-state index contributed by atoms with van der Waals surface area (Å²) in [7, 11) is 0. The van der Waals surface area contributed by atoms with Crippen LogP contribution in [0.2, 0.25) is 0 Å². The SMILES string of the molecule is Cc1n[c-]nc(C)c1[N+](=O)[O-].[Y+3]. The van der Waals surface area contributed by atoms with E-state index in [-0.39, 0.29) is 38.4 Å². The van der Waals surface area contributed by atoms with Gasteiger partial charge in [0.1, 0.15) is 0 Å². The Morgan fingerprint density at radius 2 is 1.75 bits per heavy atom. The first-order chi connectivity index (χ1) is 5.13. The normalized spacial score (nSPS) is 8.83. The summed E-state index contributed by atoms with van der Waals surface area (Å²) in [5.74, 6) is 0. The zero-order chi connectivity index (χ0) is 8.43. The van der Waals surface area contributed by atoms with Crippen LogP contribution in [0.25, 0.3) is 0 Å². The van der Waals surface area contributed by atoms with Crippen LogP contribution >= 0.6 is 0 Å². The van der Waals surface area contributed by atoms with E-state index >= 15 is 0 Å². The molecule has 0 saturated heterocycles. The maximum atomic E-state index is 10.4. The van der Waals surface area contributed by atoms with Crippen molar-refractivity contribution in [2.45, 2.75) is 13.8 Å². The molecule has 1 aromatic heterocycles. The van der Waals surface area contributed by atoms with Crippen molar-refractivity contribution >= 4 is 5.69 Å². The summed E-state index contributed by atoms with van der Waals surface area (Å²) >= 11 is 0. The number of aryl methyl sites for hydroxylation is 2. The van der Waals surface area contributed by atoms with E-state index in [2.05, 4.69) is 16.3 Å². The van der Waals surface area contributed by atoms with Gasteiger partial charge in [-0.05, 0) is 0 Å². The number of hydrogen-bond donors (Lipinski definition) is 0. The Hall–Kier alpha value is -0.416. The van der Waals surface area contributed by atoms with E-state index in [1.165, 1.54) is 0 Å². The van der Waals surface area contributed by atoms with Gasteiger partial charge in [0.2, 0.25) is 5.69 Å². The maximum Gasteiger partial charge on any atom is 3.00 e. The zero-order valence-corrected chi connectivity index (χ0v) is 9.57. The first kappa shape index (κ1) is 11.6. The van der Waals surface area contributed by atoms with Gasteiger partial charge in [-0.15, -0.1) is 0 Å². The van der Waals surface area contributed by atoms with Gasteiger partial charge in [0.15, 0.2) is 0 Å². The number of nitrogens with zero attached hydrogens (tertiary/aromatic N) is 3. The van der Waals surface area contributed by atoms with E-state index in [4.69, 9.17) is 0 Å². The smallest absolute Gasteiger partial charge is 0.364 e. The molecule has 0 aromatic carbocycles. The van der Waals surface area contributed by atoms with Crippen molar-refractivity contribution in [1.29, 1.82) is 0 Å². The molecule has 0 aliphatic rings. The Morgan fingerprint density at radius 3 is 2.00 bits per heavy atom. The third kappa shape index (κ3) is 2.28. The third-order valence-corrected chi connectivity index (χ3v) is 1.30. The second kappa shape index (κ2) is 4.57. The topological polar surface area (TPSA) is 68.9 Å². The maximum absolute atomic E-state index is 10.4. The Balaban J connectivity index is 0.00000121. The van der Waals surface area contributed by atoms with Gasteiger partial charge in [-0.25, -0.2) is 0 Å². The molecule has 1 heterocycles. The fourth-order valence-corrected chi connectivity index (χ4v) is 0.807. The van der Waals surface area contributed by atoms with E-state index in [0.717, 1.165) is 0 Å². The van der Waals surface area contributed by atoms with Gasteiger partial charge >= 0.3 is 32.7 Å². The van der Waals surface area contributed by atoms with Gasteiger partial charge in [-0.3, -0.25) is 10.1 Å². The van der Waals surface area contributed by atoms with Crippen LogP contribution in [0.15, 0.2) is 0 Å². The first-order valence-electron chi connectivity index (χ1n) is 2.98. The van der Waals surface area contributed by atoms with Crippen molar-refractivity contribution < 1.29 is 37.6 Å². The van der Waals surface area contributed by atoms with Crippen molar-refractivity contribution in [1.82, 2.24) is 9.97 Å². The van der Waals surface area contributed by atoms with Gasteiger partial charge < -0.3 is 9.97 Å². The second-order valence-electron chi connectivity index (χ2n) is 2.10. The largest absolute Gasteiger partial charge is 3.00 e. The zero-order valence-electron chi connectivity index (χ0n) is 6.74. The van der Waals surface area contributed by atoms with E-state index in [1.54, 1.807) is 13.8 Å². The Labute approximate surface area is 94.6 Å². The van der Waals surface area contributed by atoms with Crippen LogP contribution in [-0.2, 0) is 32.7 Å². The molecular weight excluding hydrogens is 235 g/mol. The Morgan fingerprint density at radius 1 is 1.33 bits per heavy atom. The van der Waals surface area contributed by atoms with E-state index < -0.39 is 4.92 Å². The summed E-state index contributed by atoms with van der Waals surface area (Å²) in [6.07, 6.45) is 2.32. The molecule has 0 fully saturated rings. The molecule has 0 amide bonds. The molecule has 0 unspecified atom stereocenters. The molecule has 0 N–H and O–H groups in total. The molecule has 5 nitrogen and oxygen atoms in total. The monoisotopic (exact) mass is 241 g/mol. The quantitative estimate of drug-likeness (QED) is 0.414. The molecule has 58 valence electrons. The van der Waals surface area contributed by atoms with Crippen molar-refractivity contribution in [3.05, 3.63) is 27.8 Å². The molecule has 1 aromatic rings. The summed E-state index contributed by atoms with van der Waals surface area (Å²) in [5.41, 5.74) is 0.675. The molecule has 0 atom stereocenters. The first-order valence-corrected chi connectivity index (χ1v) is 2.98. The summed E-state index contributed by atoms with van der Waals surface area (Å²) in [4.78, 5) is 17.0. The van der Waals surface area contributed by atoms with Crippen LogP contribution < -0.4 is 0 Å². The standard InChI is InChI=1S/C6H6N3O2.Y/c1-4-6(9(10)11)5(2)8-3-7-4;/h1-2H3;/q-1;+3. The van der Waals surface area contributed by atoms with E-state index in [0.29, 0.717) is 11.4 Å². The van der Waals surface area contributed by atoms with Crippen LogP contribution in [0.1, 0.15) is 11.4 Å². The van der Waals surface area contributed by atoms with Gasteiger partial charge in [0.05, 0.1) is 0 Å². The predicted molar refractivity (Wildman–Crippen MR) is 37.0 cm³/mol. The van der Waals surface area contributed by atoms with E-state index in [9.17, 15) is 10.1 Å². The molecule has 0 aliphatic heterocycles. The molecule has 0 saturated carbocycles. The number of nitro groups is 1. The van der Waals surface area contributed by atoms with Gasteiger partial charge in [0.25, 0.3) is 0 Å². The minimum Gasteiger partial charge on any atom is -0.364 e. The van der Waals surface area contributed by atoms with Gasteiger partial charge in [-0.1, -0.05) is 13.8 Å². The molecule has 0 aliphatic carbocycles. The van der Waals surface area contributed by atoms with Crippen molar-refractivity contribution in [3.8, 4) is 0 Å². The minimum absolute atomic E-state index is 0. The molecule has 0 bridgehead atoms. The summed E-state index contributed by atoms with van der Waals surface area (Å²) in [6.45, 7) is 3.12. The number of rotatable bonds is 1. The fourth-order valence-electron chi connectivity index (χ4n) is 0.807. The van der Waals surface area contributed by atoms with Crippen LogP contribution in [0.4, 0.5) is 5.69 Å². The van der Waals surface area contributed by atoms with Gasteiger partial charge in [0, 0.05) is 22.6 Å². The Kier molecular flexibility index (Phi) is 4.41.